The quantitative estimate of drug-likeness (QED) is 0.686. The van der Waals surface area contributed by atoms with Gasteiger partial charge in [-0.05, 0) is 62.7 Å². The van der Waals surface area contributed by atoms with Crippen molar-refractivity contribution in [2.75, 3.05) is 6.61 Å². The van der Waals surface area contributed by atoms with Crippen LogP contribution in [0.5, 0.6) is 0 Å². The van der Waals surface area contributed by atoms with E-state index in [2.05, 4.69) is 13.8 Å². The van der Waals surface area contributed by atoms with Crippen molar-refractivity contribution in [2.45, 2.75) is 65.5 Å². The van der Waals surface area contributed by atoms with Crippen molar-refractivity contribution in [2.24, 2.45) is 29.1 Å². The van der Waals surface area contributed by atoms with E-state index >= 15 is 0 Å². The number of alkyl halides is 3. The number of esters is 1. The Hall–Kier alpha value is -0.740. The highest BCUT2D eigenvalue weighted by molar-refractivity contribution is 5.73. The summed E-state index contributed by atoms with van der Waals surface area (Å²) in [6.07, 6.45) is -0.781. The van der Waals surface area contributed by atoms with E-state index in [0.717, 1.165) is 12.8 Å². The van der Waals surface area contributed by atoms with E-state index < -0.39 is 12.1 Å². The number of carbonyl (C=O) groups excluding carboxylic acids is 1. The van der Waals surface area contributed by atoms with Crippen molar-refractivity contribution >= 4 is 5.97 Å². The molecule has 2 saturated carbocycles. The molecule has 0 aromatic rings. The van der Waals surface area contributed by atoms with Gasteiger partial charge in [0.2, 0.25) is 0 Å². The Balaban J connectivity index is 2.02. The lowest BCUT2D eigenvalue weighted by Crippen LogP contribution is -2.33. The molecule has 0 bridgehead atoms. The second-order valence-corrected chi connectivity index (χ2v) is 7.75. The first-order valence-electron chi connectivity index (χ1n) is 8.37. The summed E-state index contributed by atoms with van der Waals surface area (Å²) in [7, 11) is 0. The first-order chi connectivity index (χ1) is 10.1. The van der Waals surface area contributed by atoms with E-state index in [0.29, 0.717) is 19.4 Å². The highest BCUT2D eigenvalue weighted by Crippen LogP contribution is 2.53. The maximum absolute atomic E-state index is 12.8. The first kappa shape index (κ1) is 17.6. The Morgan fingerprint density at radius 2 is 1.73 bits per heavy atom. The van der Waals surface area contributed by atoms with E-state index in [4.69, 9.17) is 4.74 Å². The highest BCUT2D eigenvalue weighted by atomic mass is 19.4. The van der Waals surface area contributed by atoms with E-state index in [1.165, 1.54) is 0 Å². The van der Waals surface area contributed by atoms with Crippen LogP contribution in [-0.2, 0) is 9.53 Å². The molecular formula is C17H27F3O2. The van der Waals surface area contributed by atoms with Gasteiger partial charge >= 0.3 is 12.1 Å². The fraction of sp³-hybridized carbons (Fsp3) is 0.941. The van der Waals surface area contributed by atoms with Crippen LogP contribution in [0.25, 0.3) is 0 Å². The Morgan fingerprint density at radius 3 is 2.23 bits per heavy atom. The molecule has 0 radical (unpaired) electrons. The molecule has 128 valence electrons. The Labute approximate surface area is 130 Å². The minimum Gasteiger partial charge on any atom is -0.466 e. The average Bonchev–Trinajstić information content (AvgIpc) is 2.74. The van der Waals surface area contributed by atoms with Crippen molar-refractivity contribution in [3.8, 4) is 0 Å². The van der Waals surface area contributed by atoms with Crippen LogP contribution in [0.2, 0.25) is 0 Å². The normalized spacial score (nSPS) is 35.4. The number of carbonyl (C=O) groups is 1. The maximum Gasteiger partial charge on any atom is 0.391 e. The molecule has 2 nitrogen and oxygen atoms in total. The fourth-order valence-corrected chi connectivity index (χ4v) is 4.49. The van der Waals surface area contributed by atoms with Gasteiger partial charge in [-0.25, -0.2) is 0 Å². The molecule has 0 N–H and O–H groups in total. The Bertz CT molecular complexity index is 395. The maximum atomic E-state index is 12.8. The third-order valence-corrected chi connectivity index (χ3v) is 5.51. The fourth-order valence-electron chi connectivity index (χ4n) is 4.49. The van der Waals surface area contributed by atoms with E-state index in [1.807, 2.05) is 0 Å². The predicted molar refractivity (Wildman–Crippen MR) is 78.1 cm³/mol. The zero-order valence-corrected chi connectivity index (χ0v) is 13.7. The van der Waals surface area contributed by atoms with Crippen LogP contribution < -0.4 is 0 Å². The summed E-state index contributed by atoms with van der Waals surface area (Å²) in [5.41, 5.74) is 0.0724. The molecule has 5 heteroatoms. The third-order valence-electron chi connectivity index (χ3n) is 5.51. The zero-order chi connectivity index (χ0) is 16.5. The molecule has 0 spiro atoms. The van der Waals surface area contributed by atoms with Gasteiger partial charge in [0.15, 0.2) is 0 Å². The number of halogens is 3. The molecule has 0 aliphatic heterocycles. The second kappa shape index (κ2) is 6.40. The topological polar surface area (TPSA) is 26.3 Å². The van der Waals surface area contributed by atoms with Gasteiger partial charge in [-0.3, -0.25) is 4.79 Å². The number of ether oxygens (including phenoxy) is 1. The minimum absolute atomic E-state index is 0.0724. The summed E-state index contributed by atoms with van der Waals surface area (Å²) < 4.78 is 43.6. The third kappa shape index (κ3) is 3.96. The van der Waals surface area contributed by atoms with Gasteiger partial charge in [-0.2, -0.15) is 13.2 Å². The predicted octanol–water partition coefficient (Wildman–Crippen LogP) is 4.97. The lowest BCUT2D eigenvalue weighted by atomic mass is 9.72. The standard InChI is InChI=1S/C17H27F3O2/c1-4-22-15(21)14-10-16(2,3)9-13(14)11-5-7-12(8-6-11)17(18,19)20/h11-14H,4-10H2,1-3H3/t11?,12?,13-,14-/m0/s1. The Morgan fingerprint density at radius 1 is 1.14 bits per heavy atom. The van der Waals surface area contributed by atoms with Crippen LogP contribution in [-0.4, -0.2) is 18.8 Å². The molecule has 0 aromatic heterocycles. The first-order valence-corrected chi connectivity index (χ1v) is 8.37. The van der Waals surface area contributed by atoms with Crippen LogP contribution in [0.15, 0.2) is 0 Å². The van der Waals surface area contributed by atoms with Crippen LogP contribution in [0, 0.1) is 29.1 Å². The number of hydrogen-bond donors (Lipinski definition) is 0. The molecular weight excluding hydrogens is 293 g/mol. The zero-order valence-electron chi connectivity index (χ0n) is 13.7. The van der Waals surface area contributed by atoms with Gasteiger partial charge < -0.3 is 4.74 Å². The van der Waals surface area contributed by atoms with Crippen molar-refractivity contribution in [3.05, 3.63) is 0 Å². The van der Waals surface area contributed by atoms with E-state index in [-0.39, 0.29) is 42.0 Å². The second-order valence-electron chi connectivity index (χ2n) is 7.75. The number of rotatable bonds is 3. The minimum atomic E-state index is -4.07. The van der Waals surface area contributed by atoms with Gasteiger partial charge in [-0.1, -0.05) is 13.8 Å². The van der Waals surface area contributed by atoms with Crippen LogP contribution >= 0.6 is 0 Å². The Kier molecular flexibility index (Phi) is 5.13. The van der Waals surface area contributed by atoms with Crippen LogP contribution in [0.4, 0.5) is 13.2 Å². The summed E-state index contributed by atoms with van der Waals surface area (Å²) in [5.74, 6) is -1.03. The lowest BCUT2D eigenvalue weighted by Gasteiger charge is -2.35. The van der Waals surface area contributed by atoms with Crippen LogP contribution in [0.3, 0.4) is 0 Å². The largest absolute Gasteiger partial charge is 0.466 e. The van der Waals surface area contributed by atoms with Gasteiger partial charge in [0.05, 0.1) is 18.4 Å². The molecule has 0 saturated heterocycles. The molecule has 2 rings (SSSR count). The van der Waals surface area contributed by atoms with Crippen molar-refractivity contribution < 1.29 is 22.7 Å². The van der Waals surface area contributed by atoms with E-state index in [1.54, 1.807) is 6.92 Å². The molecule has 2 fully saturated rings. The summed E-state index contributed by atoms with van der Waals surface area (Å²) in [6, 6.07) is 0. The molecule has 0 heterocycles. The van der Waals surface area contributed by atoms with E-state index in [9.17, 15) is 18.0 Å². The molecule has 2 atom stereocenters. The highest BCUT2D eigenvalue weighted by Gasteiger charge is 2.49. The van der Waals surface area contributed by atoms with Crippen molar-refractivity contribution in [1.82, 2.24) is 0 Å². The molecule has 22 heavy (non-hydrogen) atoms. The average molecular weight is 320 g/mol. The summed E-state index contributed by atoms with van der Waals surface area (Å²) in [4.78, 5) is 12.2. The smallest absolute Gasteiger partial charge is 0.391 e. The van der Waals surface area contributed by atoms with Gasteiger partial charge in [0.1, 0.15) is 0 Å². The van der Waals surface area contributed by atoms with Gasteiger partial charge in [-0.15, -0.1) is 0 Å². The van der Waals surface area contributed by atoms with Gasteiger partial charge in [0.25, 0.3) is 0 Å². The monoisotopic (exact) mass is 320 g/mol. The summed E-state index contributed by atoms with van der Waals surface area (Å²) in [5, 5.41) is 0. The molecule has 2 aliphatic rings. The molecule has 0 unspecified atom stereocenters. The number of hydrogen-bond acceptors (Lipinski definition) is 2. The SMILES string of the molecule is CCOC(=O)[C@H]1CC(C)(C)C[C@H]1C1CCC(C(F)(F)F)CC1. The summed E-state index contributed by atoms with van der Waals surface area (Å²) >= 11 is 0. The molecule has 0 aromatic carbocycles. The molecule has 0 amide bonds. The van der Waals surface area contributed by atoms with Crippen molar-refractivity contribution in [1.29, 1.82) is 0 Å². The van der Waals surface area contributed by atoms with Crippen LogP contribution in [0.1, 0.15) is 59.3 Å². The molecule has 2 aliphatic carbocycles. The lowest BCUT2D eigenvalue weighted by molar-refractivity contribution is -0.185. The summed E-state index contributed by atoms with van der Waals surface area (Å²) in [6.45, 7) is 6.44. The van der Waals surface area contributed by atoms with Gasteiger partial charge in [0, 0.05) is 0 Å². The van der Waals surface area contributed by atoms with Crippen molar-refractivity contribution in [3.63, 3.8) is 0 Å².